The summed E-state index contributed by atoms with van der Waals surface area (Å²) in [5.74, 6) is 2.50. The average molecular weight is 477 g/mol. The molecule has 0 fully saturated rings. The molecule has 0 spiro atoms. The van der Waals surface area contributed by atoms with E-state index in [9.17, 15) is 9.13 Å². The Hall–Kier alpha value is -0.740. The highest BCUT2D eigenvalue weighted by molar-refractivity contribution is 7.57. The van der Waals surface area contributed by atoms with E-state index in [0.717, 1.165) is 32.1 Å². The highest BCUT2D eigenvalue weighted by atomic mass is 31.2. The van der Waals surface area contributed by atoms with Crippen LogP contribution >= 0.6 is 15.2 Å². The summed E-state index contributed by atoms with van der Waals surface area (Å²) in [6.45, 7) is 12.6. The van der Waals surface area contributed by atoms with Crippen molar-refractivity contribution in [1.82, 2.24) is 0 Å². The van der Waals surface area contributed by atoms with Gasteiger partial charge in [0.05, 0.1) is 26.4 Å². The predicted octanol–water partition coefficient (Wildman–Crippen LogP) is 8.39. The van der Waals surface area contributed by atoms with Crippen LogP contribution in [0.15, 0.2) is 49.1 Å². The molecule has 0 rings (SSSR count). The topological polar surface area (TPSA) is 71.1 Å². The van der Waals surface area contributed by atoms with Gasteiger partial charge in [0.2, 0.25) is 0 Å². The minimum Gasteiger partial charge on any atom is -0.306 e. The van der Waals surface area contributed by atoms with Crippen LogP contribution in [-0.4, -0.2) is 26.4 Å². The minimum atomic E-state index is -3.25. The van der Waals surface area contributed by atoms with Gasteiger partial charge < -0.3 is 18.1 Å². The van der Waals surface area contributed by atoms with Crippen molar-refractivity contribution in [3.8, 4) is 0 Å². The Morgan fingerprint density at radius 2 is 0.935 bits per heavy atom. The van der Waals surface area contributed by atoms with Crippen LogP contribution in [0.3, 0.4) is 0 Å². The van der Waals surface area contributed by atoms with E-state index in [1.54, 1.807) is 0 Å². The van der Waals surface area contributed by atoms with Crippen LogP contribution in [0.5, 0.6) is 0 Å². The molecule has 0 N–H and O–H groups in total. The second-order valence-electron chi connectivity index (χ2n) is 6.94. The predicted molar refractivity (Wildman–Crippen MR) is 131 cm³/mol. The number of allylic oxidation sites excluding steroid dienone is 2. The standard InChI is InChI=1S/C23H42O6P2/c1-5-9-11-13-16-20-26-30(24,7-3)28-22-18-15-19-23-29-31(25,8-4)27-21-17-14-12-10-6-2/h7-8,11-14H,3-6,9-10,15-23H2,1-2H3/b13-11-,14-12-. The van der Waals surface area contributed by atoms with Crippen LogP contribution in [0.2, 0.25) is 0 Å². The summed E-state index contributed by atoms with van der Waals surface area (Å²) in [4.78, 5) is 0. The SMILES string of the molecule is C=CP(=O)(OCC/C=C\CCC)OCCCCCOP(=O)(C=C)OCC/C=C\CCC. The van der Waals surface area contributed by atoms with E-state index >= 15 is 0 Å². The first-order valence-electron chi connectivity index (χ1n) is 11.3. The smallest absolute Gasteiger partial charge is 0.306 e. The normalized spacial score (nSPS) is 15.8. The average Bonchev–Trinajstić information content (AvgIpc) is 2.78. The first-order chi connectivity index (χ1) is 14.9. The molecule has 0 heterocycles. The van der Waals surface area contributed by atoms with E-state index in [1.165, 1.54) is 11.6 Å². The van der Waals surface area contributed by atoms with Crippen LogP contribution < -0.4 is 0 Å². The molecule has 0 amide bonds. The van der Waals surface area contributed by atoms with Crippen LogP contribution in [0, 0.1) is 0 Å². The van der Waals surface area contributed by atoms with Crippen LogP contribution in [0.4, 0.5) is 0 Å². The Morgan fingerprint density at radius 3 is 1.29 bits per heavy atom. The zero-order chi connectivity index (χ0) is 23.3. The summed E-state index contributed by atoms with van der Waals surface area (Å²) < 4.78 is 46.5. The third kappa shape index (κ3) is 17.5. The Labute approximate surface area is 189 Å². The first-order valence-corrected chi connectivity index (χ1v) is 14.5. The van der Waals surface area contributed by atoms with E-state index in [4.69, 9.17) is 18.1 Å². The number of hydrogen-bond donors (Lipinski definition) is 0. The third-order valence-electron chi connectivity index (χ3n) is 4.13. The fourth-order valence-electron chi connectivity index (χ4n) is 2.35. The van der Waals surface area contributed by atoms with E-state index in [0.29, 0.717) is 52.1 Å². The molecular weight excluding hydrogens is 434 g/mol. The van der Waals surface area contributed by atoms with Gasteiger partial charge in [0, 0.05) is 11.6 Å². The van der Waals surface area contributed by atoms with Crippen LogP contribution in [0.1, 0.15) is 71.6 Å². The van der Waals surface area contributed by atoms with Crippen molar-refractivity contribution in [1.29, 1.82) is 0 Å². The Balaban J connectivity index is 3.94. The lowest BCUT2D eigenvalue weighted by molar-refractivity contribution is 0.201. The van der Waals surface area contributed by atoms with Gasteiger partial charge in [-0.05, 0) is 44.9 Å². The third-order valence-corrected chi connectivity index (χ3v) is 7.20. The Morgan fingerprint density at radius 1 is 0.581 bits per heavy atom. The molecule has 0 aromatic heterocycles. The zero-order valence-corrected chi connectivity index (χ0v) is 21.2. The molecule has 0 bridgehead atoms. The first kappa shape index (κ1) is 30.3. The summed E-state index contributed by atoms with van der Waals surface area (Å²) >= 11 is 0. The molecule has 0 aliphatic carbocycles. The van der Waals surface area contributed by atoms with Crippen LogP contribution in [-0.2, 0) is 27.2 Å². The van der Waals surface area contributed by atoms with E-state index in [-0.39, 0.29) is 0 Å². The maximum atomic E-state index is 12.4. The highest BCUT2D eigenvalue weighted by Gasteiger charge is 2.20. The van der Waals surface area contributed by atoms with Crippen molar-refractivity contribution in [2.75, 3.05) is 26.4 Å². The summed E-state index contributed by atoms with van der Waals surface area (Å²) in [5.41, 5.74) is 0. The van der Waals surface area contributed by atoms with Crippen LogP contribution in [0.25, 0.3) is 0 Å². The molecule has 0 aliphatic rings. The molecule has 0 aromatic rings. The second kappa shape index (κ2) is 19.9. The molecule has 0 saturated heterocycles. The molecule has 2 atom stereocenters. The van der Waals surface area contributed by atoms with Gasteiger partial charge in [0.25, 0.3) is 0 Å². The molecule has 0 saturated carbocycles. The van der Waals surface area contributed by atoms with Crippen molar-refractivity contribution in [3.63, 3.8) is 0 Å². The van der Waals surface area contributed by atoms with Crippen molar-refractivity contribution in [2.24, 2.45) is 0 Å². The molecule has 180 valence electrons. The molecule has 31 heavy (non-hydrogen) atoms. The van der Waals surface area contributed by atoms with Crippen molar-refractivity contribution in [2.45, 2.75) is 71.6 Å². The van der Waals surface area contributed by atoms with Crippen molar-refractivity contribution < 1.29 is 27.2 Å². The van der Waals surface area contributed by atoms with E-state index in [1.807, 2.05) is 12.2 Å². The highest BCUT2D eigenvalue weighted by Crippen LogP contribution is 2.50. The fraction of sp³-hybridized carbons (Fsp3) is 0.652. The van der Waals surface area contributed by atoms with Gasteiger partial charge in [0.15, 0.2) is 0 Å². The number of hydrogen-bond acceptors (Lipinski definition) is 6. The summed E-state index contributed by atoms with van der Waals surface area (Å²) in [6.07, 6.45) is 16.0. The maximum Gasteiger partial charge on any atom is 0.353 e. The second-order valence-corrected chi connectivity index (χ2v) is 10.9. The molecule has 0 aromatic carbocycles. The molecule has 8 heteroatoms. The monoisotopic (exact) mass is 476 g/mol. The quantitative estimate of drug-likeness (QED) is 0.0887. The van der Waals surface area contributed by atoms with Gasteiger partial charge >= 0.3 is 15.2 Å². The van der Waals surface area contributed by atoms with Gasteiger partial charge in [-0.2, -0.15) is 0 Å². The molecule has 0 aliphatic heterocycles. The molecule has 0 radical (unpaired) electrons. The number of rotatable bonds is 22. The van der Waals surface area contributed by atoms with Crippen molar-refractivity contribution in [3.05, 3.63) is 49.1 Å². The molecule has 6 nitrogen and oxygen atoms in total. The van der Waals surface area contributed by atoms with Gasteiger partial charge in [0.1, 0.15) is 0 Å². The lowest BCUT2D eigenvalue weighted by Crippen LogP contribution is -1.99. The van der Waals surface area contributed by atoms with Gasteiger partial charge in [-0.15, -0.1) is 0 Å². The van der Waals surface area contributed by atoms with Gasteiger partial charge in [-0.3, -0.25) is 9.13 Å². The molecular formula is C23H42O6P2. The Bertz CT molecular complexity index is 563. The fourth-order valence-corrected chi connectivity index (χ4v) is 4.41. The largest absolute Gasteiger partial charge is 0.353 e. The van der Waals surface area contributed by atoms with Gasteiger partial charge in [-0.1, -0.05) is 64.2 Å². The Kier molecular flexibility index (Phi) is 19.4. The maximum absolute atomic E-state index is 12.4. The lowest BCUT2D eigenvalue weighted by atomic mass is 10.2. The van der Waals surface area contributed by atoms with E-state index < -0.39 is 15.2 Å². The summed E-state index contributed by atoms with van der Waals surface area (Å²) in [6, 6.07) is 0. The minimum absolute atomic E-state index is 0.300. The van der Waals surface area contributed by atoms with Crippen molar-refractivity contribution >= 4 is 15.2 Å². The summed E-state index contributed by atoms with van der Waals surface area (Å²) in [5, 5.41) is 0. The lowest BCUT2D eigenvalue weighted by Gasteiger charge is -2.15. The molecule has 2 unspecified atom stereocenters. The van der Waals surface area contributed by atoms with E-state index in [2.05, 4.69) is 39.2 Å². The summed E-state index contributed by atoms with van der Waals surface area (Å²) in [7, 11) is -6.50. The van der Waals surface area contributed by atoms with Gasteiger partial charge in [-0.25, -0.2) is 0 Å². The number of unbranched alkanes of at least 4 members (excludes halogenated alkanes) is 4. The zero-order valence-electron chi connectivity index (χ0n) is 19.4.